The molecular formula is C28H28N2O4S. The van der Waals surface area contributed by atoms with Crippen LogP contribution in [0.15, 0.2) is 65.6 Å². The second-order valence-electron chi connectivity index (χ2n) is 8.45. The standard InChI is InChI=1S/C28H28N2O4S/c1-4-5-15-34-27(32)22-11-13-24(14-12-22)30-19(2)16-23(20(30)3)17-25-26(31)29(28(33)35-25)18-21-9-7-6-8-10-21/h6-14,16-17H,4-5,15,18H2,1-3H3/b25-17-. The Morgan fingerprint density at radius 1 is 1.03 bits per heavy atom. The van der Waals surface area contributed by atoms with Crippen LogP contribution in [0.1, 0.15) is 52.6 Å². The maximum atomic E-state index is 13.0. The molecule has 1 aliphatic rings. The van der Waals surface area contributed by atoms with Gasteiger partial charge in [-0.1, -0.05) is 43.7 Å². The monoisotopic (exact) mass is 488 g/mol. The van der Waals surface area contributed by atoms with Gasteiger partial charge in [0.25, 0.3) is 11.1 Å². The lowest BCUT2D eigenvalue weighted by Crippen LogP contribution is -2.27. The first-order valence-corrected chi connectivity index (χ1v) is 12.5. The van der Waals surface area contributed by atoms with Crippen molar-refractivity contribution in [2.75, 3.05) is 6.61 Å². The van der Waals surface area contributed by atoms with Crippen LogP contribution in [0.3, 0.4) is 0 Å². The number of nitrogens with zero attached hydrogens (tertiary/aromatic N) is 2. The zero-order chi connectivity index (χ0) is 24.9. The van der Waals surface area contributed by atoms with Crippen LogP contribution in [0, 0.1) is 13.8 Å². The van der Waals surface area contributed by atoms with E-state index in [0.29, 0.717) is 17.1 Å². The van der Waals surface area contributed by atoms with E-state index >= 15 is 0 Å². The van der Waals surface area contributed by atoms with Gasteiger partial charge in [0.05, 0.1) is 23.6 Å². The van der Waals surface area contributed by atoms with Crippen LogP contribution in [-0.2, 0) is 16.1 Å². The lowest BCUT2D eigenvalue weighted by Gasteiger charge is -2.12. The molecule has 1 aromatic heterocycles. The Kier molecular flexibility index (Phi) is 7.56. The summed E-state index contributed by atoms with van der Waals surface area (Å²) < 4.78 is 7.35. The number of benzene rings is 2. The van der Waals surface area contributed by atoms with E-state index in [9.17, 15) is 14.4 Å². The number of rotatable bonds is 8. The molecule has 7 heteroatoms. The van der Waals surface area contributed by atoms with Gasteiger partial charge >= 0.3 is 5.97 Å². The number of aromatic nitrogens is 1. The third kappa shape index (κ3) is 5.41. The van der Waals surface area contributed by atoms with Gasteiger partial charge in [-0.05, 0) is 79.6 Å². The van der Waals surface area contributed by atoms with E-state index in [1.165, 1.54) is 4.90 Å². The van der Waals surface area contributed by atoms with Crippen molar-refractivity contribution in [2.24, 2.45) is 0 Å². The third-order valence-corrected chi connectivity index (χ3v) is 6.81. The number of aryl methyl sites for hydroxylation is 1. The molecule has 4 rings (SSSR count). The zero-order valence-electron chi connectivity index (χ0n) is 20.1. The van der Waals surface area contributed by atoms with Gasteiger partial charge in [-0.15, -0.1) is 0 Å². The van der Waals surface area contributed by atoms with Crippen LogP contribution in [0.2, 0.25) is 0 Å². The van der Waals surface area contributed by atoms with E-state index in [-0.39, 0.29) is 23.7 Å². The van der Waals surface area contributed by atoms with Gasteiger partial charge in [-0.25, -0.2) is 4.79 Å². The summed E-state index contributed by atoms with van der Waals surface area (Å²) in [5.41, 5.74) is 5.12. The summed E-state index contributed by atoms with van der Waals surface area (Å²) in [6.45, 7) is 6.69. The van der Waals surface area contributed by atoms with E-state index < -0.39 is 0 Å². The number of ether oxygens (including phenoxy) is 1. The number of unbranched alkanes of at least 4 members (excludes halogenated alkanes) is 1. The zero-order valence-corrected chi connectivity index (χ0v) is 20.9. The van der Waals surface area contributed by atoms with Crippen molar-refractivity contribution in [2.45, 2.75) is 40.2 Å². The van der Waals surface area contributed by atoms with Crippen molar-refractivity contribution in [1.82, 2.24) is 9.47 Å². The molecule has 35 heavy (non-hydrogen) atoms. The van der Waals surface area contributed by atoms with E-state index in [2.05, 4.69) is 11.5 Å². The minimum absolute atomic E-state index is 0.259. The average Bonchev–Trinajstić information content (AvgIpc) is 3.28. The summed E-state index contributed by atoms with van der Waals surface area (Å²) in [5.74, 6) is -0.600. The molecule has 6 nitrogen and oxygen atoms in total. The molecule has 1 fully saturated rings. The Hall–Kier alpha value is -3.58. The lowest BCUT2D eigenvalue weighted by molar-refractivity contribution is -0.123. The Morgan fingerprint density at radius 2 is 1.74 bits per heavy atom. The molecule has 1 aliphatic heterocycles. The maximum absolute atomic E-state index is 13.0. The number of carbonyl (C=O) groups excluding carboxylic acids is 3. The Labute approximate surface area is 209 Å². The SMILES string of the molecule is CCCCOC(=O)c1ccc(-n2c(C)cc(/C=C3\SC(=O)N(Cc4ccccc4)C3=O)c2C)cc1. The predicted molar refractivity (Wildman–Crippen MR) is 138 cm³/mol. The highest BCUT2D eigenvalue weighted by molar-refractivity contribution is 8.18. The van der Waals surface area contributed by atoms with Crippen molar-refractivity contribution in [3.63, 3.8) is 0 Å². The summed E-state index contributed by atoms with van der Waals surface area (Å²) in [6, 6.07) is 18.8. The van der Waals surface area contributed by atoms with Crippen molar-refractivity contribution in [3.8, 4) is 5.69 Å². The second-order valence-corrected chi connectivity index (χ2v) is 9.44. The average molecular weight is 489 g/mol. The molecule has 0 aliphatic carbocycles. The molecule has 2 heterocycles. The van der Waals surface area contributed by atoms with Crippen molar-refractivity contribution < 1.29 is 19.1 Å². The molecule has 2 amide bonds. The number of hydrogen-bond acceptors (Lipinski definition) is 5. The van der Waals surface area contributed by atoms with Crippen molar-refractivity contribution in [1.29, 1.82) is 0 Å². The van der Waals surface area contributed by atoms with Crippen molar-refractivity contribution >= 4 is 35.0 Å². The summed E-state index contributed by atoms with van der Waals surface area (Å²) in [4.78, 5) is 39.4. The van der Waals surface area contributed by atoms with Crippen LogP contribution in [0.4, 0.5) is 4.79 Å². The Balaban J connectivity index is 1.53. The smallest absolute Gasteiger partial charge is 0.338 e. The molecule has 3 aromatic rings. The van der Waals surface area contributed by atoms with E-state index in [1.807, 2.05) is 62.4 Å². The molecule has 0 saturated carbocycles. The van der Waals surface area contributed by atoms with Gasteiger partial charge < -0.3 is 9.30 Å². The highest BCUT2D eigenvalue weighted by Gasteiger charge is 2.35. The normalized spacial score (nSPS) is 14.7. The van der Waals surface area contributed by atoms with Gasteiger partial charge in [0.1, 0.15) is 0 Å². The highest BCUT2D eigenvalue weighted by Crippen LogP contribution is 2.34. The summed E-state index contributed by atoms with van der Waals surface area (Å²) in [7, 11) is 0. The molecule has 180 valence electrons. The van der Waals surface area contributed by atoms with Gasteiger partial charge in [-0.2, -0.15) is 0 Å². The molecule has 0 radical (unpaired) electrons. The van der Waals surface area contributed by atoms with Gasteiger partial charge in [0.15, 0.2) is 0 Å². The van der Waals surface area contributed by atoms with E-state index in [1.54, 1.807) is 18.2 Å². The number of esters is 1. The molecule has 0 bridgehead atoms. The second kappa shape index (κ2) is 10.8. The van der Waals surface area contributed by atoms with Crippen LogP contribution in [0.5, 0.6) is 0 Å². The first kappa shape index (κ1) is 24.5. The Bertz CT molecular complexity index is 1280. The number of amides is 2. The highest BCUT2D eigenvalue weighted by atomic mass is 32.2. The first-order valence-electron chi connectivity index (χ1n) is 11.6. The molecule has 1 saturated heterocycles. The van der Waals surface area contributed by atoms with E-state index in [4.69, 9.17) is 4.74 Å². The topological polar surface area (TPSA) is 68.6 Å². The van der Waals surface area contributed by atoms with Gasteiger partial charge in [-0.3, -0.25) is 14.5 Å². The van der Waals surface area contributed by atoms with E-state index in [0.717, 1.165) is 52.8 Å². The van der Waals surface area contributed by atoms with Crippen LogP contribution in [0.25, 0.3) is 11.8 Å². The minimum atomic E-state index is -0.321. The van der Waals surface area contributed by atoms with Crippen LogP contribution < -0.4 is 0 Å². The van der Waals surface area contributed by atoms with Gasteiger partial charge in [0, 0.05) is 17.1 Å². The predicted octanol–water partition coefficient (Wildman–Crippen LogP) is 6.29. The lowest BCUT2D eigenvalue weighted by atomic mass is 10.2. The molecule has 0 spiro atoms. The minimum Gasteiger partial charge on any atom is -0.462 e. The summed E-state index contributed by atoms with van der Waals surface area (Å²) in [6.07, 6.45) is 3.61. The molecule has 0 atom stereocenters. The number of hydrogen-bond donors (Lipinski definition) is 0. The van der Waals surface area contributed by atoms with Crippen LogP contribution >= 0.6 is 11.8 Å². The quantitative estimate of drug-likeness (QED) is 0.212. The summed E-state index contributed by atoms with van der Waals surface area (Å²) >= 11 is 0.967. The number of imide groups is 1. The maximum Gasteiger partial charge on any atom is 0.338 e. The fraction of sp³-hybridized carbons (Fsp3) is 0.250. The molecule has 2 aromatic carbocycles. The largest absolute Gasteiger partial charge is 0.462 e. The fourth-order valence-corrected chi connectivity index (χ4v) is 4.84. The third-order valence-electron chi connectivity index (χ3n) is 5.91. The van der Waals surface area contributed by atoms with Crippen LogP contribution in [-0.4, -0.2) is 33.2 Å². The summed E-state index contributed by atoms with van der Waals surface area (Å²) in [5, 5.41) is -0.264. The van der Waals surface area contributed by atoms with Crippen molar-refractivity contribution in [3.05, 3.63) is 93.6 Å². The van der Waals surface area contributed by atoms with Gasteiger partial charge in [0.2, 0.25) is 0 Å². The molecule has 0 N–H and O–H groups in total. The molecule has 0 unspecified atom stereocenters. The number of thioether (sulfide) groups is 1. The number of carbonyl (C=O) groups is 3. The Morgan fingerprint density at radius 3 is 2.43 bits per heavy atom. The first-order chi connectivity index (χ1) is 16.9. The fourth-order valence-electron chi connectivity index (χ4n) is 4.01. The molecular weight excluding hydrogens is 460 g/mol.